The summed E-state index contributed by atoms with van der Waals surface area (Å²) in [6.07, 6.45) is -0.0680. The molecule has 1 heterocycles. The number of amides is 2. The number of aryl methyl sites for hydroxylation is 1. The van der Waals surface area contributed by atoms with Crippen molar-refractivity contribution in [2.75, 3.05) is 5.32 Å². The molecule has 1 aromatic carbocycles. The van der Waals surface area contributed by atoms with Crippen molar-refractivity contribution < 1.29 is 18.0 Å². The lowest BCUT2D eigenvalue weighted by atomic mass is 10.2. The Bertz CT molecular complexity index is 667. The van der Waals surface area contributed by atoms with Gasteiger partial charge in [-0.15, -0.1) is 0 Å². The number of hydrogen-bond acceptors (Lipinski definition) is 2. The smallest absolute Gasteiger partial charge is 0.333 e. The van der Waals surface area contributed by atoms with E-state index in [0.717, 1.165) is 25.1 Å². The number of anilines is 1. The van der Waals surface area contributed by atoms with E-state index in [1.807, 2.05) is 17.7 Å². The fourth-order valence-corrected chi connectivity index (χ4v) is 2.06. The first-order chi connectivity index (χ1) is 10.9. The van der Waals surface area contributed by atoms with Crippen LogP contribution in [0.3, 0.4) is 0 Å². The van der Waals surface area contributed by atoms with Gasteiger partial charge < -0.3 is 15.2 Å². The molecule has 5 nitrogen and oxygen atoms in total. The van der Waals surface area contributed by atoms with Crippen LogP contribution in [-0.4, -0.2) is 15.6 Å². The molecular weight excluding hydrogens is 309 g/mol. The number of hydrogen-bond donors (Lipinski definition) is 2. The van der Waals surface area contributed by atoms with Crippen molar-refractivity contribution in [2.45, 2.75) is 32.6 Å². The van der Waals surface area contributed by atoms with Gasteiger partial charge in [0.1, 0.15) is 5.82 Å². The zero-order valence-corrected chi connectivity index (χ0v) is 12.5. The zero-order chi connectivity index (χ0) is 16.9. The highest BCUT2D eigenvalue weighted by Gasteiger charge is 2.30. The number of aromatic nitrogens is 2. The second-order valence-corrected chi connectivity index (χ2v) is 4.92. The van der Waals surface area contributed by atoms with E-state index in [2.05, 4.69) is 15.6 Å². The van der Waals surface area contributed by atoms with Crippen molar-refractivity contribution in [3.05, 3.63) is 48.0 Å². The minimum Gasteiger partial charge on any atom is -0.333 e. The Morgan fingerprint density at radius 1 is 1.35 bits per heavy atom. The number of nitrogens with one attached hydrogen (secondary N) is 2. The molecular formula is C15H17F3N4O. The topological polar surface area (TPSA) is 59.0 Å². The third-order valence-electron chi connectivity index (χ3n) is 3.12. The standard InChI is InChI=1S/C15H17F3N4O/c1-2-7-22-8-6-19-13(22)10-20-14(23)21-12-5-3-4-11(9-12)15(16,17)18/h3-6,8-9H,2,7,10H2,1H3,(H2,20,21,23). The van der Waals surface area contributed by atoms with Crippen LogP contribution in [0.5, 0.6) is 0 Å². The molecule has 0 spiro atoms. The number of nitrogens with zero attached hydrogens (tertiary/aromatic N) is 2. The summed E-state index contributed by atoms with van der Waals surface area (Å²) >= 11 is 0. The minimum absolute atomic E-state index is 0.0780. The summed E-state index contributed by atoms with van der Waals surface area (Å²) < 4.78 is 39.8. The van der Waals surface area contributed by atoms with Gasteiger partial charge in [-0.3, -0.25) is 0 Å². The van der Waals surface area contributed by atoms with Gasteiger partial charge in [0.25, 0.3) is 0 Å². The maximum atomic E-state index is 12.6. The average molecular weight is 326 g/mol. The molecule has 8 heteroatoms. The van der Waals surface area contributed by atoms with E-state index in [0.29, 0.717) is 5.82 Å². The SMILES string of the molecule is CCCn1ccnc1CNC(=O)Nc1cccc(C(F)(F)F)c1. The first-order valence-electron chi connectivity index (χ1n) is 7.12. The number of rotatable bonds is 5. The number of carbonyl (C=O) groups is 1. The van der Waals surface area contributed by atoms with Crippen molar-refractivity contribution >= 4 is 11.7 Å². The van der Waals surface area contributed by atoms with Crippen molar-refractivity contribution in [3.8, 4) is 0 Å². The highest BCUT2D eigenvalue weighted by molar-refractivity contribution is 5.89. The summed E-state index contributed by atoms with van der Waals surface area (Å²) in [6, 6.07) is 3.89. The van der Waals surface area contributed by atoms with E-state index in [4.69, 9.17) is 0 Å². The predicted molar refractivity (Wildman–Crippen MR) is 79.8 cm³/mol. The van der Waals surface area contributed by atoms with Crippen LogP contribution in [-0.2, 0) is 19.3 Å². The Labute approximate surface area is 131 Å². The summed E-state index contributed by atoms with van der Waals surface area (Å²) in [4.78, 5) is 15.9. The van der Waals surface area contributed by atoms with Gasteiger partial charge in [-0.25, -0.2) is 9.78 Å². The molecule has 0 saturated carbocycles. The summed E-state index contributed by atoms with van der Waals surface area (Å²) in [5.41, 5.74) is -0.733. The maximum Gasteiger partial charge on any atom is 0.416 e. The highest BCUT2D eigenvalue weighted by Crippen LogP contribution is 2.30. The van der Waals surface area contributed by atoms with Crippen molar-refractivity contribution in [1.29, 1.82) is 0 Å². The van der Waals surface area contributed by atoms with Crippen LogP contribution in [0.25, 0.3) is 0 Å². The largest absolute Gasteiger partial charge is 0.416 e. The van der Waals surface area contributed by atoms with Gasteiger partial charge in [0.05, 0.1) is 12.1 Å². The van der Waals surface area contributed by atoms with E-state index in [1.54, 1.807) is 6.20 Å². The van der Waals surface area contributed by atoms with E-state index < -0.39 is 17.8 Å². The molecule has 0 radical (unpaired) electrons. The van der Waals surface area contributed by atoms with Crippen molar-refractivity contribution in [3.63, 3.8) is 0 Å². The molecule has 0 atom stereocenters. The summed E-state index contributed by atoms with van der Waals surface area (Å²) in [6.45, 7) is 3.00. The van der Waals surface area contributed by atoms with Gasteiger partial charge in [0.15, 0.2) is 0 Å². The Hall–Kier alpha value is -2.51. The zero-order valence-electron chi connectivity index (χ0n) is 12.5. The molecule has 1 aromatic heterocycles. The lowest BCUT2D eigenvalue weighted by Gasteiger charge is -2.11. The lowest BCUT2D eigenvalue weighted by molar-refractivity contribution is -0.137. The average Bonchev–Trinajstić information content (AvgIpc) is 2.92. The van der Waals surface area contributed by atoms with Crippen LogP contribution in [0.15, 0.2) is 36.7 Å². The van der Waals surface area contributed by atoms with Crippen LogP contribution in [0.2, 0.25) is 0 Å². The van der Waals surface area contributed by atoms with Crippen LogP contribution in [0.1, 0.15) is 24.7 Å². The fraction of sp³-hybridized carbons (Fsp3) is 0.333. The number of imidazole rings is 1. The molecule has 2 amide bonds. The van der Waals surface area contributed by atoms with Gasteiger partial charge in [-0.05, 0) is 24.6 Å². The molecule has 0 bridgehead atoms. The normalized spacial score (nSPS) is 11.3. The van der Waals surface area contributed by atoms with Gasteiger partial charge in [-0.2, -0.15) is 13.2 Å². The maximum absolute atomic E-state index is 12.6. The monoisotopic (exact) mass is 326 g/mol. The Balaban J connectivity index is 1.93. The Morgan fingerprint density at radius 3 is 2.83 bits per heavy atom. The van der Waals surface area contributed by atoms with Crippen LogP contribution < -0.4 is 10.6 Å². The molecule has 0 aliphatic carbocycles. The van der Waals surface area contributed by atoms with Crippen molar-refractivity contribution in [1.82, 2.24) is 14.9 Å². The van der Waals surface area contributed by atoms with Gasteiger partial charge >= 0.3 is 12.2 Å². The molecule has 2 rings (SSSR count). The molecule has 0 saturated heterocycles. The van der Waals surface area contributed by atoms with Crippen LogP contribution in [0.4, 0.5) is 23.7 Å². The predicted octanol–water partition coefficient (Wildman–Crippen LogP) is 3.63. The Kier molecular flexibility index (Phi) is 5.25. The van der Waals surface area contributed by atoms with E-state index in [1.165, 1.54) is 12.1 Å². The van der Waals surface area contributed by atoms with Gasteiger partial charge in [-0.1, -0.05) is 13.0 Å². The number of alkyl halides is 3. The fourth-order valence-electron chi connectivity index (χ4n) is 2.06. The summed E-state index contributed by atoms with van der Waals surface area (Å²) in [7, 11) is 0. The van der Waals surface area contributed by atoms with Crippen molar-refractivity contribution in [2.24, 2.45) is 0 Å². The molecule has 124 valence electrons. The first-order valence-corrected chi connectivity index (χ1v) is 7.12. The third kappa shape index (κ3) is 4.73. The van der Waals surface area contributed by atoms with E-state index in [-0.39, 0.29) is 12.2 Å². The molecule has 0 fully saturated rings. The lowest BCUT2D eigenvalue weighted by Crippen LogP contribution is -2.29. The molecule has 2 aromatic rings. The van der Waals surface area contributed by atoms with Gasteiger partial charge in [0, 0.05) is 24.6 Å². The molecule has 23 heavy (non-hydrogen) atoms. The number of halogens is 3. The third-order valence-corrected chi connectivity index (χ3v) is 3.12. The summed E-state index contributed by atoms with van der Waals surface area (Å²) in [5, 5.41) is 4.96. The van der Waals surface area contributed by atoms with Crippen LogP contribution in [0, 0.1) is 0 Å². The second kappa shape index (κ2) is 7.17. The highest BCUT2D eigenvalue weighted by atomic mass is 19.4. The number of benzene rings is 1. The van der Waals surface area contributed by atoms with E-state index >= 15 is 0 Å². The van der Waals surface area contributed by atoms with Gasteiger partial charge in [0.2, 0.25) is 0 Å². The molecule has 0 aliphatic heterocycles. The molecule has 2 N–H and O–H groups in total. The summed E-state index contributed by atoms with van der Waals surface area (Å²) in [5.74, 6) is 0.686. The molecule has 0 aliphatic rings. The first kappa shape index (κ1) is 16.9. The minimum atomic E-state index is -4.45. The van der Waals surface area contributed by atoms with E-state index in [9.17, 15) is 18.0 Å². The Morgan fingerprint density at radius 2 is 2.13 bits per heavy atom. The quantitative estimate of drug-likeness (QED) is 0.881. The molecule has 0 unspecified atom stereocenters. The second-order valence-electron chi connectivity index (χ2n) is 4.92. The number of carbonyl (C=O) groups excluding carboxylic acids is 1. The van der Waals surface area contributed by atoms with Crippen LogP contribution >= 0.6 is 0 Å². The number of urea groups is 1.